The van der Waals surface area contributed by atoms with E-state index in [1.54, 1.807) is 10.9 Å². The number of aromatic nitrogens is 3. The number of nitrogens with one attached hydrogen (secondary N) is 2. The molecule has 4 aliphatic heterocycles. The Bertz CT molecular complexity index is 1630. The first-order valence-electron chi connectivity index (χ1n) is 16.3. The first kappa shape index (κ1) is 29.0. The van der Waals surface area contributed by atoms with Crippen LogP contribution in [0, 0.1) is 0 Å². The van der Waals surface area contributed by atoms with Gasteiger partial charge in [0.1, 0.15) is 6.10 Å². The van der Waals surface area contributed by atoms with Crippen molar-refractivity contribution >= 4 is 33.7 Å². The second-order valence-corrected chi connectivity index (χ2v) is 13.3. The van der Waals surface area contributed by atoms with Crippen LogP contribution < -0.4 is 5.32 Å². The number of amides is 1. The highest BCUT2D eigenvalue weighted by Gasteiger charge is 2.40. The minimum absolute atomic E-state index is 0.0329. The number of ether oxygens (including phenoxy) is 1. The van der Waals surface area contributed by atoms with E-state index in [0.717, 1.165) is 47.5 Å². The van der Waals surface area contributed by atoms with Crippen molar-refractivity contribution in [3.05, 3.63) is 66.0 Å². The molecule has 0 radical (unpaired) electrons. The SMILES string of the molecule is CN1[C@@H]2CCC[C@H]1C[C@@H](NC(=O)c1nn(C)c3ccccc13)C2.CN1[C@@H]2CC[C@H]1C[C@@H](OC(=O)c1c[nH]c3ccccc13)C2. The van der Waals surface area contributed by atoms with Crippen LogP contribution >= 0.6 is 0 Å². The van der Waals surface area contributed by atoms with Crippen LogP contribution in [-0.2, 0) is 11.8 Å². The summed E-state index contributed by atoms with van der Waals surface area (Å²) in [6.07, 6.45) is 12.2. The van der Waals surface area contributed by atoms with Gasteiger partial charge in [0.2, 0.25) is 0 Å². The molecule has 6 atom stereocenters. The van der Waals surface area contributed by atoms with Crippen molar-refractivity contribution in [2.24, 2.45) is 7.05 Å². The zero-order valence-electron chi connectivity index (χ0n) is 26.0. The van der Waals surface area contributed by atoms with Gasteiger partial charge < -0.3 is 24.8 Å². The number of esters is 1. The number of hydrogen-bond acceptors (Lipinski definition) is 6. The maximum Gasteiger partial charge on any atom is 0.340 e. The highest BCUT2D eigenvalue weighted by molar-refractivity contribution is 6.05. The van der Waals surface area contributed by atoms with Crippen LogP contribution in [0.25, 0.3) is 21.8 Å². The van der Waals surface area contributed by atoms with E-state index in [0.29, 0.717) is 35.4 Å². The second kappa shape index (κ2) is 12.0. The van der Waals surface area contributed by atoms with Crippen LogP contribution in [0.2, 0.25) is 0 Å². The molecule has 232 valence electrons. The average Bonchev–Trinajstić information content (AvgIpc) is 3.65. The Kier molecular flexibility index (Phi) is 7.93. The van der Waals surface area contributed by atoms with Gasteiger partial charge in [-0.25, -0.2) is 4.79 Å². The third-order valence-corrected chi connectivity index (χ3v) is 10.8. The summed E-state index contributed by atoms with van der Waals surface area (Å²) < 4.78 is 7.57. The molecule has 8 rings (SSSR count). The summed E-state index contributed by atoms with van der Waals surface area (Å²) in [5.41, 5.74) is 3.18. The molecule has 4 saturated heterocycles. The first-order valence-corrected chi connectivity index (χ1v) is 16.3. The zero-order valence-corrected chi connectivity index (χ0v) is 26.0. The number of carbonyl (C=O) groups is 2. The number of fused-ring (bicyclic) bond motifs is 6. The molecule has 0 saturated carbocycles. The molecular formula is C35H44N6O3. The summed E-state index contributed by atoms with van der Waals surface area (Å²) >= 11 is 0. The summed E-state index contributed by atoms with van der Waals surface area (Å²) in [6, 6.07) is 18.4. The van der Waals surface area contributed by atoms with E-state index in [1.165, 1.54) is 32.1 Å². The number of H-pyrrole nitrogens is 1. The van der Waals surface area contributed by atoms with Gasteiger partial charge in [-0.15, -0.1) is 0 Å². The molecule has 0 unspecified atom stereocenters. The van der Waals surface area contributed by atoms with Crippen LogP contribution in [0.15, 0.2) is 54.7 Å². The largest absolute Gasteiger partial charge is 0.459 e. The lowest BCUT2D eigenvalue weighted by Gasteiger charge is -2.47. The number of aryl methyl sites for hydroxylation is 1. The molecule has 2 aromatic heterocycles. The van der Waals surface area contributed by atoms with E-state index in [4.69, 9.17) is 4.74 Å². The number of para-hydroxylation sites is 2. The van der Waals surface area contributed by atoms with Gasteiger partial charge in [-0.1, -0.05) is 42.8 Å². The molecule has 9 heteroatoms. The molecule has 2 aromatic carbocycles. The minimum Gasteiger partial charge on any atom is -0.459 e. The lowest BCUT2D eigenvalue weighted by atomic mass is 9.82. The molecule has 2 N–H and O–H groups in total. The molecular weight excluding hydrogens is 552 g/mol. The van der Waals surface area contributed by atoms with Crippen molar-refractivity contribution < 1.29 is 14.3 Å². The number of rotatable bonds is 4. The normalized spacial score (nSPS) is 28.4. The fraction of sp³-hybridized carbons (Fsp3) is 0.514. The van der Waals surface area contributed by atoms with Crippen molar-refractivity contribution in [3.63, 3.8) is 0 Å². The van der Waals surface area contributed by atoms with Gasteiger partial charge in [0.05, 0.1) is 11.1 Å². The lowest BCUT2D eigenvalue weighted by molar-refractivity contribution is -0.000272. The number of piperidine rings is 3. The van der Waals surface area contributed by atoms with E-state index in [9.17, 15) is 9.59 Å². The monoisotopic (exact) mass is 596 g/mol. The van der Waals surface area contributed by atoms with Crippen LogP contribution in [-0.4, -0.2) is 86.8 Å². The Morgan fingerprint density at radius 1 is 0.818 bits per heavy atom. The number of benzene rings is 2. The fourth-order valence-corrected chi connectivity index (χ4v) is 8.28. The summed E-state index contributed by atoms with van der Waals surface area (Å²) in [7, 11) is 6.32. The van der Waals surface area contributed by atoms with E-state index >= 15 is 0 Å². The average molecular weight is 597 g/mol. The Morgan fingerprint density at radius 3 is 2.14 bits per heavy atom. The van der Waals surface area contributed by atoms with E-state index in [1.807, 2.05) is 55.6 Å². The smallest absolute Gasteiger partial charge is 0.340 e. The predicted octanol–water partition coefficient (Wildman–Crippen LogP) is 5.27. The molecule has 6 heterocycles. The zero-order chi connectivity index (χ0) is 30.4. The molecule has 44 heavy (non-hydrogen) atoms. The highest BCUT2D eigenvalue weighted by atomic mass is 16.5. The quantitative estimate of drug-likeness (QED) is 0.312. The van der Waals surface area contributed by atoms with Crippen molar-refractivity contribution in [2.45, 2.75) is 94.1 Å². The van der Waals surface area contributed by atoms with Crippen LogP contribution in [0.1, 0.15) is 78.6 Å². The van der Waals surface area contributed by atoms with E-state index < -0.39 is 0 Å². The molecule has 1 amide bonds. The first-order chi connectivity index (χ1) is 21.4. The van der Waals surface area contributed by atoms with Crippen LogP contribution in [0.5, 0.6) is 0 Å². The van der Waals surface area contributed by atoms with Crippen LogP contribution in [0.3, 0.4) is 0 Å². The van der Waals surface area contributed by atoms with Gasteiger partial charge >= 0.3 is 5.97 Å². The minimum atomic E-state index is -0.193. The van der Waals surface area contributed by atoms with Crippen molar-refractivity contribution in [1.29, 1.82) is 0 Å². The third kappa shape index (κ3) is 5.52. The van der Waals surface area contributed by atoms with Gasteiger partial charge in [-0.05, 0) is 64.8 Å². The highest BCUT2D eigenvalue weighted by Crippen LogP contribution is 2.36. The summed E-state index contributed by atoms with van der Waals surface area (Å²) in [6.45, 7) is 0. The van der Waals surface area contributed by atoms with Gasteiger partial charge in [0, 0.05) is 72.6 Å². The van der Waals surface area contributed by atoms with Crippen LogP contribution in [0.4, 0.5) is 0 Å². The van der Waals surface area contributed by atoms with Crippen molar-refractivity contribution in [3.8, 4) is 0 Å². The summed E-state index contributed by atoms with van der Waals surface area (Å²) in [4.78, 5) is 33.3. The molecule has 4 fully saturated rings. The Morgan fingerprint density at radius 2 is 1.43 bits per heavy atom. The summed E-state index contributed by atoms with van der Waals surface area (Å²) in [5.74, 6) is -0.226. The topological polar surface area (TPSA) is 95.5 Å². The third-order valence-electron chi connectivity index (χ3n) is 10.8. The number of carbonyl (C=O) groups excluding carboxylic acids is 2. The fourth-order valence-electron chi connectivity index (χ4n) is 8.28. The molecule has 4 aliphatic rings. The Balaban J connectivity index is 0.000000143. The van der Waals surface area contributed by atoms with Crippen molar-refractivity contribution in [1.82, 2.24) is 29.9 Å². The summed E-state index contributed by atoms with van der Waals surface area (Å²) in [5, 5.41) is 9.56. The van der Waals surface area contributed by atoms with Gasteiger partial charge in [-0.2, -0.15) is 5.10 Å². The van der Waals surface area contributed by atoms with Gasteiger partial charge in [0.15, 0.2) is 5.69 Å². The molecule has 4 bridgehead atoms. The molecule has 4 aromatic rings. The van der Waals surface area contributed by atoms with Crippen molar-refractivity contribution in [2.75, 3.05) is 14.1 Å². The molecule has 0 spiro atoms. The predicted molar refractivity (Wildman–Crippen MR) is 172 cm³/mol. The van der Waals surface area contributed by atoms with Gasteiger partial charge in [0.25, 0.3) is 5.91 Å². The van der Waals surface area contributed by atoms with E-state index in [2.05, 4.69) is 39.3 Å². The Hall–Kier alpha value is -3.69. The number of nitrogens with zero attached hydrogens (tertiary/aromatic N) is 4. The maximum atomic E-state index is 12.7. The Labute approximate surface area is 258 Å². The van der Waals surface area contributed by atoms with E-state index in [-0.39, 0.29) is 24.0 Å². The molecule has 0 aliphatic carbocycles. The maximum absolute atomic E-state index is 12.7. The van der Waals surface area contributed by atoms with Gasteiger partial charge in [-0.3, -0.25) is 9.48 Å². The number of aromatic amines is 1. The number of hydrogen-bond donors (Lipinski definition) is 2. The standard InChI is InChI=1S/C18H24N4O.C17H20N2O2/c1-21-13-6-5-7-14(21)11-12(10-13)19-18(23)17-15-8-3-4-9-16(15)22(2)20-17;1-19-11-6-7-12(19)9-13(8-11)21-17(20)15-10-18-16-5-3-2-4-14(15)16/h3-4,8-9,12-14H,5-7,10-11H2,1-2H3,(H,19,23);2-5,10-13,18H,6-9H2,1H3/t12-,13+,14-;11-,12+,13+. The molecule has 9 nitrogen and oxygen atoms in total. The second-order valence-electron chi connectivity index (χ2n) is 13.3. The lowest BCUT2D eigenvalue weighted by Crippen LogP contribution is -2.55.